The van der Waals surface area contributed by atoms with Gasteiger partial charge in [0.15, 0.2) is 11.5 Å². The van der Waals surface area contributed by atoms with Gasteiger partial charge in [0.05, 0.1) is 12.1 Å². The molecule has 0 saturated carbocycles. The van der Waals surface area contributed by atoms with Crippen molar-refractivity contribution in [1.82, 2.24) is 24.8 Å². The predicted octanol–water partition coefficient (Wildman–Crippen LogP) is 4.69. The highest BCUT2D eigenvalue weighted by molar-refractivity contribution is 6.30. The van der Waals surface area contributed by atoms with Crippen molar-refractivity contribution in [3.05, 3.63) is 95.8 Å². The van der Waals surface area contributed by atoms with Crippen molar-refractivity contribution in [3.63, 3.8) is 0 Å². The third-order valence-electron chi connectivity index (χ3n) is 4.92. The molecule has 3 heterocycles. The van der Waals surface area contributed by atoms with Crippen LogP contribution in [0, 0.1) is 0 Å². The van der Waals surface area contributed by atoms with Crippen molar-refractivity contribution in [2.24, 2.45) is 0 Å². The van der Waals surface area contributed by atoms with E-state index in [4.69, 9.17) is 16.7 Å². The van der Waals surface area contributed by atoms with Gasteiger partial charge in [-0.15, -0.1) is 10.2 Å². The van der Waals surface area contributed by atoms with Crippen molar-refractivity contribution >= 4 is 28.8 Å². The van der Waals surface area contributed by atoms with Crippen molar-refractivity contribution < 1.29 is 4.79 Å². The Bertz CT molecular complexity index is 1380. The zero-order valence-electron chi connectivity index (χ0n) is 16.8. The van der Waals surface area contributed by atoms with E-state index in [2.05, 4.69) is 20.5 Å². The molecule has 5 rings (SSSR count). The van der Waals surface area contributed by atoms with Crippen LogP contribution >= 0.6 is 11.6 Å². The number of fused-ring (bicyclic) bond motifs is 1. The molecule has 156 valence electrons. The van der Waals surface area contributed by atoms with Gasteiger partial charge in [-0.25, -0.2) is 0 Å². The Balaban J connectivity index is 1.34. The fourth-order valence-corrected chi connectivity index (χ4v) is 3.46. The summed E-state index contributed by atoms with van der Waals surface area (Å²) in [5.41, 5.74) is 4.78. The average molecular weight is 441 g/mol. The standard InChI is InChI=1S/C24H17ClN6O/c25-19-7-3-16(4-8-19)14-23(32)27-20-9-5-17(6-10-20)21-11-12-22-28-29-24(31(22)30-21)18-2-1-13-26-15-18/h1-13,15H,14H2,(H,27,32). The Morgan fingerprint density at radius 2 is 1.72 bits per heavy atom. The SMILES string of the molecule is O=C(Cc1ccc(Cl)cc1)Nc1ccc(-c2ccc3nnc(-c4cccnc4)n3n2)cc1. The second-order valence-corrected chi connectivity index (χ2v) is 7.62. The lowest BCUT2D eigenvalue weighted by molar-refractivity contribution is -0.115. The largest absolute Gasteiger partial charge is 0.326 e. The molecular weight excluding hydrogens is 424 g/mol. The van der Waals surface area contributed by atoms with Gasteiger partial charge in [0.1, 0.15) is 0 Å². The predicted molar refractivity (Wildman–Crippen MR) is 123 cm³/mol. The Hall–Kier alpha value is -4.10. The summed E-state index contributed by atoms with van der Waals surface area (Å²) in [5, 5.41) is 16.7. The summed E-state index contributed by atoms with van der Waals surface area (Å²) in [7, 11) is 0. The average Bonchev–Trinajstić information content (AvgIpc) is 3.25. The molecule has 0 bridgehead atoms. The summed E-state index contributed by atoms with van der Waals surface area (Å²) in [6, 6.07) is 22.3. The van der Waals surface area contributed by atoms with Crippen LogP contribution in [0.25, 0.3) is 28.3 Å². The number of hydrogen-bond donors (Lipinski definition) is 1. The van der Waals surface area contributed by atoms with Crippen LogP contribution in [-0.4, -0.2) is 30.7 Å². The highest BCUT2D eigenvalue weighted by Crippen LogP contribution is 2.22. The molecule has 0 radical (unpaired) electrons. The van der Waals surface area contributed by atoms with E-state index in [0.29, 0.717) is 22.2 Å². The molecule has 0 atom stereocenters. The first-order valence-electron chi connectivity index (χ1n) is 9.93. The minimum Gasteiger partial charge on any atom is -0.326 e. The van der Waals surface area contributed by atoms with Crippen LogP contribution in [0.5, 0.6) is 0 Å². The van der Waals surface area contributed by atoms with Crippen LogP contribution in [0.15, 0.2) is 85.2 Å². The minimum absolute atomic E-state index is 0.0924. The van der Waals surface area contributed by atoms with E-state index < -0.39 is 0 Å². The van der Waals surface area contributed by atoms with Crippen LogP contribution in [0.3, 0.4) is 0 Å². The normalized spacial score (nSPS) is 10.9. The van der Waals surface area contributed by atoms with Crippen molar-refractivity contribution in [3.8, 4) is 22.6 Å². The molecule has 0 aliphatic carbocycles. The molecule has 32 heavy (non-hydrogen) atoms. The summed E-state index contributed by atoms with van der Waals surface area (Å²) in [6.07, 6.45) is 3.72. The second-order valence-electron chi connectivity index (χ2n) is 7.18. The quantitative estimate of drug-likeness (QED) is 0.428. The molecule has 0 unspecified atom stereocenters. The van der Waals surface area contributed by atoms with Crippen LogP contribution in [-0.2, 0) is 11.2 Å². The Morgan fingerprint density at radius 1 is 0.906 bits per heavy atom. The first kappa shape index (κ1) is 19.8. The fourth-order valence-electron chi connectivity index (χ4n) is 3.34. The number of hydrogen-bond acceptors (Lipinski definition) is 5. The summed E-state index contributed by atoms with van der Waals surface area (Å²) < 4.78 is 1.70. The van der Waals surface area contributed by atoms with Crippen LogP contribution in [0.1, 0.15) is 5.56 Å². The third kappa shape index (κ3) is 4.19. The summed E-state index contributed by atoms with van der Waals surface area (Å²) in [6.45, 7) is 0. The molecule has 1 amide bonds. The number of pyridine rings is 1. The zero-order valence-corrected chi connectivity index (χ0v) is 17.6. The van der Waals surface area contributed by atoms with Crippen LogP contribution < -0.4 is 5.32 Å². The number of benzene rings is 2. The molecule has 5 aromatic rings. The van der Waals surface area contributed by atoms with Gasteiger partial charge in [-0.05, 0) is 54.1 Å². The first-order chi connectivity index (χ1) is 15.7. The number of carbonyl (C=O) groups is 1. The number of aromatic nitrogens is 5. The maximum atomic E-state index is 12.3. The molecule has 8 heteroatoms. The van der Waals surface area contributed by atoms with Gasteiger partial charge < -0.3 is 5.32 Å². The topological polar surface area (TPSA) is 85.1 Å². The molecule has 0 aliphatic heterocycles. The molecule has 2 aromatic carbocycles. The highest BCUT2D eigenvalue weighted by Gasteiger charge is 2.11. The Labute approximate surface area is 188 Å². The Kier molecular flexibility index (Phi) is 5.31. The van der Waals surface area contributed by atoms with Crippen molar-refractivity contribution in [2.75, 3.05) is 5.32 Å². The minimum atomic E-state index is -0.0924. The van der Waals surface area contributed by atoms with Gasteiger partial charge in [0.2, 0.25) is 5.91 Å². The maximum Gasteiger partial charge on any atom is 0.228 e. The molecule has 0 aliphatic rings. The van der Waals surface area contributed by atoms with Gasteiger partial charge in [0, 0.05) is 34.2 Å². The van der Waals surface area contributed by atoms with E-state index >= 15 is 0 Å². The first-order valence-corrected chi connectivity index (χ1v) is 10.3. The third-order valence-corrected chi connectivity index (χ3v) is 5.18. The Morgan fingerprint density at radius 3 is 2.47 bits per heavy atom. The van der Waals surface area contributed by atoms with Gasteiger partial charge in [-0.2, -0.15) is 9.61 Å². The zero-order chi connectivity index (χ0) is 21.9. The number of nitrogens with zero attached hydrogens (tertiary/aromatic N) is 5. The molecule has 7 nitrogen and oxygen atoms in total. The smallest absolute Gasteiger partial charge is 0.228 e. The number of carbonyl (C=O) groups excluding carboxylic acids is 1. The van der Waals surface area contributed by atoms with Crippen LogP contribution in [0.2, 0.25) is 5.02 Å². The van der Waals surface area contributed by atoms with Gasteiger partial charge in [-0.3, -0.25) is 9.78 Å². The van der Waals surface area contributed by atoms with Gasteiger partial charge >= 0.3 is 0 Å². The van der Waals surface area contributed by atoms with Gasteiger partial charge in [0.25, 0.3) is 0 Å². The van der Waals surface area contributed by atoms with E-state index in [1.54, 1.807) is 29.0 Å². The van der Waals surface area contributed by atoms with Gasteiger partial charge in [-0.1, -0.05) is 35.9 Å². The second kappa shape index (κ2) is 8.56. The highest BCUT2D eigenvalue weighted by atomic mass is 35.5. The lowest BCUT2D eigenvalue weighted by atomic mass is 10.1. The van der Waals surface area contributed by atoms with E-state index in [1.807, 2.05) is 60.7 Å². The summed E-state index contributed by atoms with van der Waals surface area (Å²) in [5.74, 6) is 0.534. The molecular formula is C24H17ClN6O. The number of amides is 1. The monoisotopic (exact) mass is 440 g/mol. The number of nitrogens with one attached hydrogen (secondary N) is 1. The van der Waals surface area contributed by atoms with E-state index in [-0.39, 0.29) is 12.3 Å². The number of anilines is 1. The van der Waals surface area contributed by atoms with E-state index in [0.717, 1.165) is 22.4 Å². The lowest BCUT2D eigenvalue weighted by Gasteiger charge is -2.07. The van der Waals surface area contributed by atoms with E-state index in [9.17, 15) is 4.79 Å². The summed E-state index contributed by atoms with van der Waals surface area (Å²) in [4.78, 5) is 16.5. The molecule has 0 fully saturated rings. The fraction of sp³-hybridized carbons (Fsp3) is 0.0417. The maximum absolute atomic E-state index is 12.3. The molecule has 0 saturated heterocycles. The number of halogens is 1. The molecule has 3 aromatic heterocycles. The molecule has 0 spiro atoms. The van der Waals surface area contributed by atoms with Crippen molar-refractivity contribution in [2.45, 2.75) is 6.42 Å². The summed E-state index contributed by atoms with van der Waals surface area (Å²) >= 11 is 5.89. The molecule has 1 N–H and O–H groups in total. The van der Waals surface area contributed by atoms with Crippen LogP contribution in [0.4, 0.5) is 5.69 Å². The van der Waals surface area contributed by atoms with E-state index in [1.165, 1.54) is 0 Å². The van der Waals surface area contributed by atoms with Crippen molar-refractivity contribution in [1.29, 1.82) is 0 Å². The lowest BCUT2D eigenvalue weighted by Crippen LogP contribution is -2.14. The number of rotatable bonds is 5.